The van der Waals surface area contributed by atoms with Crippen molar-refractivity contribution in [3.8, 4) is 0 Å². The lowest BCUT2D eigenvalue weighted by atomic mass is 10.1. The molecule has 0 spiro atoms. The van der Waals surface area contributed by atoms with Gasteiger partial charge < -0.3 is 10.1 Å². The molecule has 0 bridgehead atoms. The van der Waals surface area contributed by atoms with Gasteiger partial charge in [0.1, 0.15) is 6.20 Å². The Hall–Kier alpha value is -1.43. The van der Waals surface area contributed by atoms with Crippen LogP contribution in [0.2, 0.25) is 0 Å². The highest BCUT2D eigenvalue weighted by atomic mass is 16.6. The second-order valence-electron chi connectivity index (χ2n) is 4.19. The van der Waals surface area contributed by atoms with Crippen molar-refractivity contribution in [1.82, 2.24) is 14.5 Å². The maximum absolute atomic E-state index is 10.7. The van der Waals surface area contributed by atoms with Crippen LogP contribution in [0.5, 0.6) is 0 Å². The summed E-state index contributed by atoms with van der Waals surface area (Å²) in [7, 11) is 1.70. The van der Waals surface area contributed by atoms with Gasteiger partial charge in [0, 0.05) is 0 Å². The molecule has 0 aromatic carbocycles. The highest BCUT2D eigenvalue weighted by molar-refractivity contribution is 5.18. The first-order chi connectivity index (χ1) is 7.68. The summed E-state index contributed by atoms with van der Waals surface area (Å²) in [6.07, 6.45) is 5.05. The van der Waals surface area contributed by atoms with Crippen LogP contribution >= 0.6 is 0 Å². The lowest BCUT2D eigenvalue weighted by Crippen LogP contribution is -2.30. The van der Waals surface area contributed by atoms with Crippen molar-refractivity contribution in [2.45, 2.75) is 25.8 Å². The van der Waals surface area contributed by atoms with Gasteiger partial charge >= 0.3 is 5.82 Å². The van der Waals surface area contributed by atoms with E-state index in [2.05, 4.69) is 9.88 Å². The Bertz CT molecular complexity index is 382. The van der Waals surface area contributed by atoms with Crippen molar-refractivity contribution in [3.05, 3.63) is 22.1 Å². The van der Waals surface area contributed by atoms with E-state index in [1.807, 2.05) is 0 Å². The summed E-state index contributed by atoms with van der Waals surface area (Å²) in [5, 5.41) is 10.7. The van der Waals surface area contributed by atoms with Crippen molar-refractivity contribution in [2.24, 2.45) is 7.05 Å². The number of rotatable bonds is 3. The van der Waals surface area contributed by atoms with Crippen LogP contribution < -0.4 is 0 Å². The minimum atomic E-state index is -0.396. The Morgan fingerprint density at radius 1 is 1.44 bits per heavy atom. The molecular weight excluding hydrogens is 208 g/mol. The van der Waals surface area contributed by atoms with Gasteiger partial charge in [0.05, 0.1) is 13.6 Å². The molecule has 1 aliphatic heterocycles. The largest absolute Gasteiger partial charge is 0.358 e. The predicted molar refractivity (Wildman–Crippen MR) is 59.0 cm³/mol. The number of hydrogen-bond acceptors (Lipinski definition) is 4. The quantitative estimate of drug-likeness (QED) is 0.573. The first-order valence-electron chi connectivity index (χ1n) is 5.56. The molecule has 6 nitrogen and oxygen atoms in total. The van der Waals surface area contributed by atoms with E-state index in [0.29, 0.717) is 6.54 Å². The summed E-state index contributed by atoms with van der Waals surface area (Å²) in [4.78, 5) is 16.7. The topological polar surface area (TPSA) is 64.2 Å². The van der Waals surface area contributed by atoms with E-state index < -0.39 is 4.92 Å². The fraction of sp³-hybridized carbons (Fsp3) is 0.700. The Balaban J connectivity index is 2.06. The summed E-state index contributed by atoms with van der Waals surface area (Å²) in [6, 6.07) is 0. The third kappa shape index (κ3) is 2.21. The third-order valence-corrected chi connectivity index (χ3v) is 3.06. The third-order valence-electron chi connectivity index (χ3n) is 3.06. The molecule has 1 aromatic heterocycles. The van der Waals surface area contributed by atoms with Crippen molar-refractivity contribution >= 4 is 5.82 Å². The molecule has 0 atom stereocenters. The molecule has 0 amide bonds. The first-order valence-corrected chi connectivity index (χ1v) is 5.56. The molecular formula is C10H16N4O2. The molecule has 6 heteroatoms. The van der Waals surface area contributed by atoms with Crippen molar-refractivity contribution in [1.29, 1.82) is 0 Å². The molecule has 88 valence electrons. The predicted octanol–water partition coefficient (Wildman–Crippen LogP) is 1.31. The maximum atomic E-state index is 10.7. The number of likely N-dealkylation sites (tertiary alicyclic amines) is 1. The second-order valence-corrected chi connectivity index (χ2v) is 4.19. The summed E-state index contributed by atoms with van der Waals surface area (Å²) >= 11 is 0. The molecule has 0 radical (unpaired) electrons. The van der Waals surface area contributed by atoms with Gasteiger partial charge in [-0.1, -0.05) is 6.42 Å². The van der Waals surface area contributed by atoms with Crippen LogP contribution in [0.4, 0.5) is 5.82 Å². The fourth-order valence-corrected chi connectivity index (χ4v) is 2.07. The molecule has 1 aliphatic rings. The Morgan fingerprint density at radius 2 is 2.12 bits per heavy atom. The minimum absolute atomic E-state index is 0.0620. The molecule has 16 heavy (non-hydrogen) atoms. The van der Waals surface area contributed by atoms with Crippen LogP contribution in [0.25, 0.3) is 0 Å². The second kappa shape index (κ2) is 4.61. The van der Waals surface area contributed by atoms with Gasteiger partial charge in [0.25, 0.3) is 0 Å². The Morgan fingerprint density at radius 3 is 2.69 bits per heavy atom. The number of aromatic nitrogens is 2. The first kappa shape index (κ1) is 11.1. The number of hydrogen-bond donors (Lipinski definition) is 0. The standard InChI is InChI=1S/C10H16N4O2/c1-12-9(11-7-10(12)14(15)16)8-13-5-3-2-4-6-13/h7H,2-6,8H2,1H3. The normalized spacial score (nSPS) is 17.6. The zero-order valence-corrected chi connectivity index (χ0v) is 9.43. The van der Waals surface area contributed by atoms with Crippen molar-refractivity contribution in [2.75, 3.05) is 13.1 Å². The van der Waals surface area contributed by atoms with Gasteiger partial charge in [0.2, 0.25) is 5.82 Å². The molecule has 2 heterocycles. The van der Waals surface area contributed by atoms with E-state index in [1.54, 1.807) is 11.6 Å². The van der Waals surface area contributed by atoms with E-state index in [1.165, 1.54) is 25.5 Å². The van der Waals surface area contributed by atoms with Gasteiger partial charge in [-0.3, -0.25) is 4.90 Å². The molecule has 2 rings (SSSR count). The number of imidazole rings is 1. The Labute approximate surface area is 94.0 Å². The summed E-state index contributed by atoms with van der Waals surface area (Å²) in [5.41, 5.74) is 0. The monoisotopic (exact) mass is 224 g/mol. The molecule has 0 N–H and O–H groups in total. The number of piperidine rings is 1. The average molecular weight is 224 g/mol. The van der Waals surface area contributed by atoms with E-state index in [-0.39, 0.29) is 5.82 Å². The molecule has 1 aromatic rings. The zero-order chi connectivity index (χ0) is 11.5. The van der Waals surface area contributed by atoms with Gasteiger partial charge in [-0.25, -0.2) is 9.55 Å². The smallest absolute Gasteiger partial charge is 0.342 e. The van der Waals surface area contributed by atoms with Crippen LogP contribution in [-0.4, -0.2) is 32.5 Å². The molecule has 0 unspecified atom stereocenters. The Kier molecular flexibility index (Phi) is 3.19. The summed E-state index contributed by atoms with van der Waals surface area (Å²) in [6.45, 7) is 2.85. The summed E-state index contributed by atoms with van der Waals surface area (Å²) in [5.74, 6) is 0.834. The van der Waals surface area contributed by atoms with E-state index in [0.717, 1.165) is 18.9 Å². The molecule has 0 aliphatic carbocycles. The van der Waals surface area contributed by atoms with E-state index >= 15 is 0 Å². The summed E-state index contributed by atoms with van der Waals surface area (Å²) < 4.78 is 1.56. The van der Waals surface area contributed by atoms with Crippen LogP contribution in [0, 0.1) is 10.1 Å². The zero-order valence-electron chi connectivity index (χ0n) is 9.43. The lowest BCUT2D eigenvalue weighted by molar-refractivity contribution is -0.391. The molecule has 0 saturated carbocycles. The van der Waals surface area contributed by atoms with Crippen molar-refractivity contribution in [3.63, 3.8) is 0 Å². The van der Waals surface area contributed by atoms with Crippen LogP contribution in [-0.2, 0) is 13.6 Å². The lowest BCUT2D eigenvalue weighted by Gasteiger charge is -2.24. The van der Waals surface area contributed by atoms with Gasteiger partial charge in [-0.2, -0.15) is 0 Å². The van der Waals surface area contributed by atoms with Gasteiger partial charge in [0.15, 0.2) is 0 Å². The van der Waals surface area contributed by atoms with Crippen LogP contribution in [0.15, 0.2) is 6.20 Å². The maximum Gasteiger partial charge on any atom is 0.342 e. The van der Waals surface area contributed by atoms with E-state index in [4.69, 9.17) is 0 Å². The number of nitro groups is 1. The molecule has 1 fully saturated rings. The van der Waals surface area contributed by atoms with Gasteiger partial charge in [-0.15, -0.1) is 0 Å². The van der Waals surface area contributed by atoms with Crippen LogP contribution in [0.1, 0.15) is 25.1 Å². The van der Waals surface area contributed by atoms with Crippen molar-refractivity contribution < 1.29 is 4.92 Å². The van der Waals surface area contributed by atoms with E-state index in [9.17, 15) is 10.1 Å². The fourth-order valence-electron chi connectivity index (χ4n) is 2.07. The number of nitrogens with zero attached hydrogens (tertiary/aromatic N) is 4. The average Bonchev–Trinajstić information content (AvgIpc) is 2.62. The van der Waals surface area contributed by atoms with Gasteiger partial charge in [-0.05, 0) is 30.9 Å². The molecule has 1 saturated heterocycles. The highest BCUT2D eigenvalue weighted by Crippen LogP contribution is 2.16. The van der Waals surface area contributed by atoms with Crippen LogP contribution in [0.3, 0.4) is 0 Å². The minimum Gasteiger partial charge on any atom is -0.358 e. The SMILES string of the molecule is Cn1c([N+](=O)[O-])cnc1CN1CCCCC1. The highest BCUT2D eigenvalue weighted by Gasteiger charge is 2.19.